The van der Waals surface area contributed by atoms with Gasteiger partial charge >= 0.3 is 5.97 Å². The Labute approximate surface area is 154 Å². The summed E-state index contributed by atoms with van der Waals surface area (Å²) in [5.41, 5.74) is 0.921. The van der Waals surface area contributed by atoms with Crippen LogP contribution in [-0.4, -0.2) is 37.6 Å². The lowest BCUT2D eigenvalue weighted by atomic mass is 9.92. The summed E-state index contributed by atoms with van der Waals surface area (Å²) in [6.07, 6.45) is 13.4. The van der Waals surface area contributed by atoms with Gasteiger partial charge in [0, 0.05) is 31.3 Å². The van der Waals surface area contributed by atoms with Crippen molar-refractivity contribution in [2.24, 2.45) is 0 Å². The number of carboxylic acid groups (broad SMARTS) is 1. The summed E-state index contributed by atoms with van der Waals surface area (Å²) in [5.74, 6) is 0.594. The summed E-state index contributed by atoms with van der Waals surface area (Å²) in [4.78, 5) is 27.7. The number of nitrogens with one attached hydrogen (secondary N) is 1. The van der Waals surface area contributed by atoms with Gasteiger partial charge in [-0.3, -0.25) is 4.79 Å². The Morgan fingerprint density at radius 3 is 2.38 bits per heavy atom. The molecule has 2 aromatic heterocycles. The lowest BCUT2D eigenvalue weighted by Gasteiger charge is -2.14. The van der Waals surface area contributed by atoms with Crippen LogP contribution in [-0.2, 0) is 4.79 Å². The van der Waals surface area contributed by atoms with E-state index < -0.39 is 5.97 Å². The van der Waals surface area contributed by atoms with Crippen LogP contribution in [0.25, 0.3) is 0 Å². The summed E-state index contributed by atoms with van der Waals surface area (Å²) in [6.45, 7) is 2.70. The van der Waals surface area contributed by atoms with Crippen molar-refractivity contribution in [2.45, 2.75) is 57.8 Å². The van der Waals surface area contributed by atoms with Crippen molar-refractivity contribution in [3.8, 4) is 0 Å². The summed E-state index contributed by atoms with van der Waals surface area (Å²) in [7, 11) is 0. The molecule has 0 saturated heterocycles. The van der Waals surface area contributed by atoms with Crippen molar-refractivity contribution < 1.29 is 9.90 Å². The first-order valence-corrected chi connectivity index (χ1v) is 9.16. The van der Waals surface area contributed by atoms with Crippen LogP contribution in [0.3, 0.4) is 0 Å². The van der Waals surface area contributed by atoms with Crippen molar-refractivity contribution >= 4 is 11.9 Å². The lowest BCUT2D eigenvalue weighted by molar-refractivity contribution is -0.137. The number of carboxylic acids is 1. The van der Waals surface area contributed by atoms with Gasteiger partial charge in [-0.15, -0.1) is 0 Å². The molecule has 2 rings (SSSR count). The zero-order chi connectivity index (χ0) is 18.6. The maximum absolute atomic E-state index is 11.1. The van der Waals surface area contributed by atoms with E-state index in [0.717, 1.165) is 50.6 Å². The van der Waals surface area contributed by atoms with Crippen LogP contribution in [0.1, 0.15) is 62.3 Å². The average Bonchev–Trinajstić information content (AvgIpc) is 2.64. The number of aliphatic carboxylic acids is 1. The Hall–Kier alpha value is -2.57. The molecule has 26 heavy (non-hydrogen) atoms. The molecule has 2 N–H and O–H groups in total. The highest BCUT2D eigenvalue weighted by Gasteiger charge is 2.16. The smallest absolute Gasteiger partial charge is 0.303 e. The predicted molar refractivity (Wildman–Crippen MR) is 100.0 cm³/mol. The highest BCUT2D eigenvalue weighted by atomic mass is 16.4. The van der Waals surface area contributed by atoms with Gasteiger partial charge in [-0.2, -0.15) is 0 Å². The molecule has 0 aliphatic heterocycles. The minimum Gasteiger partial charge on any atom is -0.481 e. The fourth-order valence-electron chi connectivity index (χ4n) is 2.85. The molecular formula is C19H27N5O2. The highest BCUT2D eigenvalue weighted by molar-refractivity contribution is 5.67. The molecule has 0 spiro atoms. The topological polar surface area (TPSA) is 101 Å². The van der Waals surface area contributed by atoms with Crippen LogP contribution in [0.15, 0.2) is 30.9 Å². The number of carbonyl (C=O) groups is 1. The van der Waals surface area contributed by atoms with Crippen molar-refractivity contribution in [1.82, 2.24) is 19.9 Å². The van der Waals surface area contributed by atoms with Crippen molar-refractivity contribution in [1.29, 1.82) is 0 Å². The largest absolute Gasteiger partial charge is 0.481 e. The SMILES string of the molecule is Cc1ncc(C(CCCCCCCNc2ncccn2)CC(=O)O)cn1. The van der Waals surface area contributed by atoms with Gasteiger partial charge in [-0.25, -0.2) is 19.9 Å². The van der Waals surface area contributed by atoms with Gasteiger partial charge < -0.3 is 10.4 Å². The van der Waals surface area contributed by atoms with Gasteiger partial charge in [0.15, 0.2) is 0 Å². The molecule has 0 aromatic carbocycles. The number of aryl methyl sites for hydroxylation is 1. The monoisotopic (exact) mass is 357 g/mol. The molecule has 2 heterocycles. The van der Waals surface area contributed by atoms with Crippen LogP contribution < -0.4 is 5.32 Å². The Morgan fingerprint density at radius 1 is 1.04 bits per heavy atom. The maximum atomic E-state index is 11.1. The molecule has 1 unspecified atom stereocenters. The highest BCUT2D eigenvalue weighted by Crippen LogP contribution is 2.25. The Kier molecular flexibility index (Phi) is 8.45. The van der Waals surface area contributed by atoms with E-state index >= 15 is 0 Å². The normalized spacial score (nSPS) is 11.9. The van der Waals surface area contributed by atoms with Crippen LogP contribution in [0.5, 0.6) is 0 Å². The molecule has 2 aromatic rings. The van der Waals surface area contributed by atoms with Crippen LogP contribution in [0.4, 0.5) is 5.95 Å². The third kappa shape index (κ3) is 7.55. The van der Waals surface area contributed by atoms with Gasteiger partial charge in [-0.1, -0.05) is 25.7 Å². The van der Waals surface area contributed by atoms with E-state index in [9.17, 15) is 4.79 Å². The number of hydrogen-bond donors (Lipinski definition) is 2. The Balaban J connectivity index is 1.61. The number of hydrogen-bond acceptors (Lipinski definition) is 6. The minimum atomic E-state index is -0.773. The molecule has 0 amide bonds. The van der Waals surface area contributed by atoms with Crippen molar-refractivity contribution in [2.75, 3.05) is 11.9 Å². The molecule has 1 atom stereocenters. The third-order valence-corrected chi connectivity index (χ3v) is 4.27. The molecule has 140 valence electrons. The first-order valence-electron chi connectivity index (χ1n) is 9.16. The summed E-state index contributed by atoms with van der Waals surface area (Å²) in [5, 5.41) is 12.3. The molecule has 0 fully saturated rings. The first kappa shape index (κ1) is 19.8. The van der Waals surface area contributed by atoms with Gasteiger partial charge in [0.2, 0.25) is 5.95 Å². The zero-order valence-corrected chi connectivity index (χ0v) is 15.3. The third-order valence-electron chi connectivity index (χ3n) is 4.27. The quantitative estimate of drug-likeness (QED) is 0.560. The van der Waals surface area contributed by atoms with E-state index in [0.29, 0.717) is 11.8 Å². The fraction of sp³-hybridized carbons (Fsp3) is 0.526. The van der Waals surface area contributed by atoms with E-state index in [2.05, 4.69) is 25.3 Å². The molecule has 7 nitrogen and oxygen atoms in total. The van der Waals surface area contributed by atoms with Gasteiger partial charge in [0.1, 0.15) is 5.82 Å². The molecule has 0 bridgehead atoms. The second-order valence-electron chi connectivity index (χ2n) is 6.41. The van der Waals surface area contributed by atoms with Crippen LogP contribution in [0, 0.1) is 6.92 Å². The van der Waals surface area contributed by atoms with E-state index in [1.807, 2.05) is 6.92 Å². The standard InChI is InChI=1S/C19H27N5O2/c1-15-23-13-17(14-24-15)16(12-18(25)26)8-5-3-2-4-6-9-20-19-21-10-7-11-22-19/h7,10-11,13-14,16H,2-6,8-9,12H2,1H3,(H,25,26)(H,20,21,22). The Morgan fingerprint density at radius 2 is 1.69 bits per heavy atom. The number of rotatable bonds is 12. The number of anilines is 1. The lowest BCUT2D eigenvalue weighted by Crippen LogP contribution is -2.08. The van der Waals surface area contributed by atoms with Crippen LogP contribution in [0.2, 0.25) is 0 Å². The molecular weight excluding hydrogens is 330 g/mol. The number of aromatic nitrogens is 4. The maximum Gasteiger partial charge on any atom is 0.303 e. The molecule has 0 aliphatic carbocycles. The van der Waals surface area contributed by atoms with E-state index in [-0.39, 0.29) is 12.3 Å². The summed E-state index contributed by atoms with van der Waals surface area (Å²) >= 11 is 0. The predicted octanol–water partition coefficient (Wildman–Crippen LogP) is 3.59. The van der Waals surface area contributed by atoms with Gasteiger partial charge in [0.25, 0.3) is 0 Å². The van der Waals surface area contributed by atoms with E-state index in [1.54, 1.807) is 30.9 Å². The second-order valence-corrected chi connectivity index (χ2v) is 6.41. The zero-order valence-electron chi connectivity index (χ0n) is 15.3. The van der Waals surface area contributed by atoms with Gasteiger partial charge in [0.05, 0.1) is 6.42 Å². The van der Waals surface area contributed by atoms with E-state index in [4.69, 9.17) is 5.11 Å². The van der Waals surface area contributed by atoms with Crippen LogP contribution >= 0.6 is 0 Å². The molecule has 0 saturated carbocycles. The molecule has 0 radical (unpaired) electrons. The van der Waals surface area contributed by atoms with Gasteiger partial charge in [-0.05, 0) is 37.3 Å². The number of unbranched alkanes of at least 4 members (excludes halogenated alkanes) is 4. The second kappa shape index (κ2) is 11.1. The summed E-state index contributed by atoms with van der Waals surface area (Å²) in [6, 6.07) is 1.80. The average molecular weight is 357 g/mol. The fourth-order valence-corrected chi connectivity index (χ4v) is 2.85. The molecule has 0 aliphatic rings. The Bertz CT molecular complexity index is 649. The number of nitrogens with zero attached hydrogens (tertiary/aromatic N) is 4. The summed E-state index contributed by atoms with van der Waals surface area (Å²) < 4.78 is 0. The van der Waals surface area contributed by atoms with E-state index in [1.165, 1.54) is 0 Å². The van der Waals surface area contributed by atoms with Crippen molar-refractivity contribution in [3.05, 3.63) is 42.2 Å². The first-order chi connectivity index (χ1) is 12.6. The minimum absolute atomic E-state index is 0.00926. The van der Waals surface area contributed by atoms with Crippen molar-refractivity contribution in [3.63, 3.8) is 0 Å². The molecule has 7 heteroatoms.